The van der Waals surface area contributed by atoms with Crippen LogP contribution in [0, 0.1) is 11.8 Å². The smallest absolute Gasteiger partial charge is 0.191 e. The van der Waals surface area contributed by atoms with Crippen LogP contribution in [-0.2, 0) is 9.84 Å². The van der Waals surface area contributed by atoms with E-state index in [1.807, 2.05) is 0 Å². The van der Waals surface area contributed by atoms with Gasteiger partial charge in [0, 0.05) is 18.6 Å². The molecule has 0 aromatic carbocycles. The van der Waals surface area contributed by atoms with E-state index in [4.69, 9.17) is 0 Å². The number of hydrogen-bond acceptors (Lipinski definition) is 3. The van der Waals surface area contributed by atoms with Crippen molar-refractivity contribution in [3.63, 3.8) is 0 Å². The minimum atomic E-state index is -2.78. The fraction of sp³-hybridized carbons (Fsp3) is 0.923. The molecule has 3 fully saturated rings. The monoisotopic (exact) mass is 413 g/mol. The molecule has 0 spiro atoms. The van der Waals surface area contributed by atoms with E-state index in [1.165, 1.54) is 19.3 Å². The number of rotatable bonds is 4. The summed E-state index contributed by atoms with van der Waals surface area (Å²) < 4.78 is 22.8. The Balaban J connectivity index is 0.00000147. The summed E-state index contributed by atoms with van der Waals surface area (Å²) in [5.74, 6) is 2.48. The van der Waals surface area contributed by atoms with Crippen molar-refractivity contribution in [3.8, 4) is 0 Å². The maximum Gasteiger partial charge on any atom is 0.191 e. The zero-order valence-corrected chi connectivity index (χ0v) is 15.0. The molecular formula is C13H24IN3O2S. The van der Waals surface area contributed by atoms with Crippen molar-refractivity contribution in [1.82, 2.24) is 10.6 Å². The average Bonchev–Trinajstić information content (AvgIpc) is 3.23. The second-order valence-electron chi connectivity index (χ2n) is 6.34. The summed E-state index contributed by atoms with van der Waals surface area (Å²) in [6, 6.07) is 1.13. The van der Waals surface area contributed by atoms with E-state index in [2.05, 4.69) is 22.5 Å². The van der Waals surface area contributed by atoms with Gasteiger partial charge in [0.05, 0.1) is 11.5 Å². The number of guanidine groups is 1. The van der Waals surface area contributed by atoms with E-state index in [-0.39, 0.29) is 29.9 Å². The first-order valence-electron chi connectivity index (χ1n) is 7.30. The number of nitrogens with one attached hydrogen (secondary N) is 2. The lowest BCUT2D eigenvalue weighted by molar-refractivity contribution is 0.589. The van der Waals surface area contributed by atoms with Crippen molar-refractivity contribution in [2.45, 2.75) is 44.7 Å². The van der Waals surface area contributed by atoms with Gasteiger partial charge >= 0.3 is 0 Å². The molecule has 0 bridgehead atoms. The van der Waals surface area contributed by atoms with Crippen molar-refractivity contribution >= 4 is 39.8 Å². The van der Waals surface area contributed by atoms with Crippen molar-refractivity contribution in [3.05, 3.63) is 0 Å². The quantitative estimate of drug-likeness (QED) is 0.412. The second kappa shape index (κ2) is 6.37. The predicted molar refractivity (Wildman–Crippen MR) is 91.3 cm³/mol. The summed E-state index contributed by atoms with van der Waals surface area (Å²) in [5.41, 5.74) is 0. The molecule has 3 aliphatic rings. The Morgan fingerprint density at radius 1 is 1.25 bits per heavy atom. The molecular weight excluding hydrogens is 389 g/mol. The second-order valence-corrected chi connectivity index (χ2v) is 8.57. The lowest BCUT2D eigenvalue weighted by atomic mass is 10.1. The molecule has 3 atom stereocenters. The maximum atomic E-state index is 11.4. The SMILES string of the molecule is CC1CC1NC(=NCC1CCS(=O)(=O)C1)NC1CC1.I. The number of nitrogens with zero attached hydrogens (tertiary/aromatic N) is 1. The largest absolute Gasteiger partial charge is 0.354 e. The summed E-state index contributed by atoms with van der Waals surface area (Å²) in [7, 11) is -2.78. The third-order valence-corrected chi connectivity index (χ3v) is 6.02. The number of halogens is 1. The normalized spacial score (nSPS) is 35.2. The summed E-state index contributed by atoms with van der Waals surface area (Å²) in [6.45, 7) is 2.86. The minimum Gasteiger partial charge on any atom is -0.354 e. The zero-order valence-electron chi connectivity index (χ0n) is 11.8. The van der Waals surface area contributed by atoms with E-state index in [1.54, 1.807) is 0 Å². The molecule has 3 unspecified atom stereocenters. The molecule has 7 heteroatoms. The molecule has 20 heavy (non-hydrogen) atoms. The van der Waals surface area contributed by atoms with Crippen LogP contribution >= 0.6 is 24.0 Å². The third-order valence-electron chi connectivity index (χ3n) is 4.18. The van der Waals surface area contributed by atoms with Gasteiger partial charge in [0.2, 0.25) is 0 Å². The zero-order chi connectivity index (χ0) is 13.5. The highest BCUT2D eigenvalue weighted by Gasteiger charge is 2.34. The van der Waals surface area contributed by atoms with Crippen molar-refractivity contribution in [1.29, 1.82) is 0 Å². The summed E-state index contributed by atoms with van der Waals surface area (Å²) in [6.07, 6.45) is 4.42. The van der Waals surface area contributed by atoms with Crippen LogP contribution in [0.25, 0.3) is 0 Å². The van der Waals surface area contributed by atoms with Crippen LogP contribution in [-0.4, -0.2) is 44.5 Å². The Kier molecular flexibility index (Phi) is 5.20. The van der Waals surface area contributed by atoms with Gasteiger partial charge in [0.25, 0.3) is 0 Å². The highest BCUT2D eigenvalue weighted by Crippen LogP contribution is 2.29. The molecule has 0 aromatic heterocycles. The summed E-state index contributed by atoms with van der Waals surface area (Å²) in [5, 5.41) is 6.86. The van der Waals surface area contributed by atoms with Crippen LogP contribution in [0.2, 0.25) is 0 Å². The highest BCUT2D eigenvalue weighted by molar-refractivity contribution is 14.0. The van der Waals surface area contributed by atoms with Gasteiger partial charge in [0.15, 0.2) is 15.8 Å². The number of aliphatic imine (C=N–C) groups is 1. The average molecular weight is 413 g/mol. The van der Waals surface area contributed by atoms with Gasteiger partial charge in [-0.25, -0.2) is 8.42 Å². The van der Waals surface area contributed by atoms with E-state index >= 15 is 0 Å². The first-order chi connectivity index (χ1) is 9.02. The Bertz CT molecular complexity index is 476. The lowest BCUT2D eigenvalue weighted by Gasteiger charge is -2.12. The molecule has 1 saturated heterocycles. The molecule has 5 nitrogen and oxygen atoms in total. The highest BCUT2D eigenvalue weighted by atomic mass is 127. The van der Waals surface area contributed by atoms with Crippen LogP contribution in [0.1, 0.15) is 32.6 Å². The predicted octanol–water partition coefficient (Wildman–Crippen LogP) is 1.15. The van der Waals surface area contributed by atoms with Gasteiger partial charge in [-0.2, -0.15) is 0 Å². The maximum absolute atomic E-state index is 11.4. The van der Waals surface area contributed by atoms with Crippen LogP contribution in [0.4, 0.5) is 0 Å². The molecule has 0 amide bonds. The van der Waals surface area contributed by atoms with Crippen molar-refractivity contribution < 1.29 is 8.42 Å². The fourth-order valence-electron chi connectivity index (χ4n) is 2.49. The van der Waals surface area contributed by atoms with Gasteiger partial charge in [-0.1, -0.05) is 6.92 Å². The topological polar surface area (TPSA) is 70.6 Å². The molecule has 2 aliphatic carbocycles. The Hall–Kier alpha value is -0.0500. The summed E-state index contributed by atoms with van der Waals surface area (Å²) in [4.78, 5) is 4.60. The van der Waals surface area contributed by atoms with Crippen molar-refractivity contribution in [2.75, 3.05) is 18.1 Å². The van der Waals surface area contributed by atoms with Crippen LogP contribution in [0.5, 0.6) is 0 Å². The van der Waals surface area contributed by atoms with Gasteiger partial charge in [-0.15, -0.1) is 24.0 Å². The first-order valence-corrected chi connectivity index (χ1v) is 9.12. The van der Waals surface area contributed by atoms with Crippen molar-refractivity contribution in [2.24, 2.45) is 16.8 Å². The third kappa shape index (κ3) is 4.75. The Morgan fingerprint density at radius 2 is 1.95 bits per heavy atom. The number of sulfone groups is 1. The van der Waals surface area contributed by atoms with Crippen LogP contribution < -0.4 is 10.6 Å². The molecule has 1 heterocycles. The van der Waals surface area contributed by atoms with Gasteiger partial charge in [-0.3, -0.25) is 4.99 Å². The molecule has 1 aliphatic heterocycles. The molecule has 2 saturated carbocycles. The molecule has 2 N–H and O–H groups in total. The first kappa shape index (κ1) is 16.3. The molecule has 3 rings (SSSR count). The van der Waals surface area contributed by atoms with Gasteiger partial charge < -0.3 is 10.6 Å². The van der Waals surface area contributed by atoms with Gasteiger partial charge in [0.1, 0.15) is 0 Å². The molecule has 116 valence electrons. The standard InChI is InChI=1S/C13H23N3O2S.HI/c1-9-6-12(9)16-13(15-11-2-3-11)14-7-10-4-5-19(17,18)8-10;/h9-12H,2-8H2,1H3,(H2,14,15,16);1H. The van der Waals surface area contributed by atoms with E-state index in [0.717, 1.165) is 18.3 Å². The Morgan fingerprint density at radius 3 is 2.45 bits per heavy atom. The van der Waals surface area contributed by atoms with E-state index in [0.29, 0.717) is 30.1 Å². The van der Waals surface area contributed by atoms with E-state index in [9.17, 15) is 8.42 Å². The lowest BCUT2D eigenvalue weighted by Crippen LogP contribution is -2.40. The summed E-state index contributed by atoms with van der Waals surface area (Å²) >= 11 is 0. The van der Waals surface area contributed by atoms with Gasteiger partial charge in [-0.05, 0) is 37.5 Å². The minimum absolute atomic E-state index is 0. The number of hydrogen-bond donors (Lipinski definition) is 2. The van der Waals surface area contributed by atoms with E-state index < -0.39 is 9.84 Å². The van der Waals surface area contributed by atoms with Crippen LogP contribution in [0.15, 0.2) is 4.99 Å². The molecule has 0 aromatic rings. The fourth-order valence-corrected chi connectivity index (χ4v) is 4.34. The molecule has 0 radical (unpaired) electrons. The Labute approximate surface area is 138 Å². The van der Waals surface area contributed by atoms with Crippen LogP contribution in [0.3, 0.4) is 0 Å².